The molecule has 0 bridgehead atoms. The Labute approximate surface area is 136 Å². The predicted octanol–water partition coefficient (Wildman–Crippen LogP) is 2.22. The number of carboxylic acids is 2. The van der Waals surface area contributed by atoms with Crippen molar-refractivity contribution in [2.24, 2.45) is 5.73 Å². The summed E-state index contributed by atoms with van der Waals surface area (Å²) in [6, 6.07) is 11.0. The van der Waals surface area contributed by atoms with Gasteiger partial charge in [0.2, 0.25) is 0 Å². The molecule has 1 aromatic heterocycles. The minimum Gasteiger partial charge on any atom is -0.488 e. The Morgan fingerprint density at radius 2 is 1.79 bits per heavy atom. The molecular formula is C17H15NO6. The van der Waals surface area contributed by atoms with Gasteiger partial charge in [-0.1, -0.05) is 18.2 Å². The molecule has 2 atom stereocenters. The Kier molecular flexibility index (Phi) is 4.09. The smallest absolute Gasteiger partial charge is 0.324 e. The summed E-state index contributed by atoms with van der Waals surface area (Å²) in [4.78, 5) is 22.0. The van der Waals surface area contributed by atoms with Gasteiger partial charge in [0.1, 0.15) is 29.1 Å². The van der Waals surface area contributed by atoms with Crippen LogP contribution in [0.5, 0.6) is 5.75 Å². The largest absolute Gasteiger partial charge is 0.488 e. The minimum atomic E-state index is -1.45. The van der Waals surface area contributed by atoms with Crippen molar-refractivity contribution >= 4 is 33.9 Å². The second-order valence-corrected chi connectivity index (χ2v) is 5.37. The number of ether oxygens (including phenoxy) is 1. The highest BCUT2D eigenvalue weighted by atomic mass is 16.5. The number of furan rings is 1. The summed E-state index contributed by atoms with van der Waals surface area (Å²) in [7, 11) is 0. The van der Waals surface area contributed by atoms with Crippen LogP contribution in [0.1, 0.15) is 6.42 Å². The Morgan fingerprint density at radius 1 is 1.08 bits per heavy atom. The second-order valence-electron chi connectivity index (χ2n) is 5.37. The van der Waals surface area contributed by atoms with Crippen LogP contribution in [0.15, 0.2) is 46.9 Å². The lowest BCUT2D eigenvalue weighted by molar-refractivity contribution is -0.143. The van der Waals surface area contributed by atoms with Crippen LogP contribution in [0.25, 0.3) is 21.9 Å². The lowest BCUT2D eigenvalue weighted by atomic mass is 10.1. The van der Waals surface area contributed by atoms with Crippen LogP contribution in [0.2, 0.25) is 0 Å². The van der Waals surface area contributed by atoms with Gasteiger partial charge in [-0.3, -0.25) is 9.59 Å². The SMILES string of the molecule is N[C@H](C(=O)O)C(CC(=O)O)Oc1ccc2oc3ccccc3c2c1. The number of fused-ring (bicyclic) bond motifs is 3. The average molecular weight is 329 g/mol. The highest BCUT2D eigenvalue weighted by Gasteiger charge is 2.28. The Balaban J connectivity index is 1.96. The van der Waals surface area contributed by atoms with Crippen LogP contribution in [-0.4, -0.2) is 34.3 Å². The number of rotatable bonds is 6. The molecule has 1 unspecified atom stereocenters. The fourth-order valence-corrected chi connectivity index (χ4v) is 2.53. The first-order chi connectivity index (χ1) is 11.5. The lowest BCUT2D eigenvalue weighted by Crippen LogP contribution is -2.46. The number of carbonyl (C=O) groups is 2. The van der Waals surface area contributed by atoms with Gasteiger partial charge in [-0.05, 0) is 24.3 Å². The first-order valence-electron chi connectivity index (χ1n) is 7.24. The van der Waals surface area contributed by atoms with Crippen LogP contribution in [0, 0.1) is 0 Å². The van der Waals surface area contributed by atoms with Crippen LogP contribution in [0.4, 0.5) is 0 Å². The molecule has 0 aliphatic heterocycles. The van der Waals surface area contributed by atoms with Crippen molar-refractivity contribution in [3.05, 3.63) is 42.5 Å². The molecule has 2 aromatic carbocycles. The third-order valence-electron chi connectivity index (χ3n) is 3.70. The molecule has 0 amide bonds. The number of benzene rings is 2. The number of para-hydroxylation sites is 1. The van der Waals surface area contributed by atoms with Gasteiger partial charge in [-0.2, -0.15) is 0 Å². The molecule has 0 aliphatic rings. The summed E-state index contributed by atoms with van der Waals surface area (Å²) in [6.45, 7) is 0. The summed E-state index contributed by atoms with van der Waals surface area (Å²) in [6.07, 6.45) is -1.70. The molecule has 7 nitrogen and oxygen atoms in total. The van der Waals surface area contributed by atoms with Gasteiger partial charge in [-0.15, -0.1) is 0 Å². The van der Waals surface area contributed by atoms with Gasteiger partial charge in [0.25, 0.3) is 0 Å². The first-order valence-corrected chi connectivity index (χ1v) is 7.24. The van der Waals surface area contributed by atoms with Crippen LogP contribution < -0.4 is 10.5 Å². The third kappa shape index (κ3) is 3.02. The molecule has 0 aliphatic carbocycles. The maximum Gasteiger partial charge on any atom is 0.324 e. The molecule has 0 fully saturated rings. The summed E-state index contributed by atoms with van der Waals surface area (Å²) in [5.74, 6) is -2.18. The van der Waals surface area contributed by atoms with E-state index in [1.807, 2.05) is 24.3 Å². The van der Waals surface area contributed by atoms with E-state index in [9.17, 15) is 9.59 Å². The van der Waals surface area contributed by atoms with E-state index in [1.54, 1.807) is 18.2 Å². The van der Waals surface area contributed by atoms with Crippen molar-refractivity contribution < 1.29 is 29.0 Å². The summed E-state index contributed by atoms with van der Waals surface area (Å²) in [5.41, 5.74) is 6.90. The van der Waals surface area contributed by atoms with Crippen molar-refractivity contribution in [1.29, 1.82) is 0 Å². The van der Waals surface area contributed by atoms with Crippen molar-refractivity contribution in [1.82, 2.24) is 0 Å². The second kappa shape index (κ2) is 6.21. The zero-order chi connectivity index (χ0) is 17.3. The highest BCUT2D eigenvalue weighted by molar-refractivity contribution is 6.05. The molecule has 3 aromatic rings. The molecule has 0 saturated carbocycles. The highest BCUT2D eigenvalue weighted by Crippen LogP contribution is 2.31. The van der Waals surface area contributed by atoms with Gasteiger partial charge >= 0.3 is 11.9 Å². The quantitative estimate of drug-likeness (QED) is 0.633. The molecule has 3 rings (SSSR count). The molecule has 0 spiro atoms. The van der Waals surface area contributed by atoms with Crippen LogP contribution in [-0.2, 0) is 9.59 Å². The molecule has 0 radical (unpaired) electrons. The Morgan fingerprint density at radius 3 is 2.50 bits per heavy atom. The number of nitrogens with two attached hydrogens (primary N) is 1. The number of hydrogen-bond donors (Lipinski definition) is 3. The van der Waals surface area contributed by atoms with E-state index in [0.717, 1.165) is 10.8 Å². The standard InChI is InChI=1S/C17H15NO6/c18-16(17(21)22)14(8-15(19)20)23-9-5-6-13-11(7-9)10-3-1-2-4-12(10)24-13/h1-7,14,16H,8,18H2,(H,19,20)(H,21,22)/t14?,16-/m0/s1. The number of hydrogen-bond acceptors (Lipinski definition) is 5. The zero-order valence-corrected chi connectivity index (χ0v) is 12.5. The Bertz CT molecular complexity index is 916. The average Bonchev–Trinajstić information content (AvgIpc) is 2.91. The van der Waals surface area contributed by atoms with Gasteiger partial charge in [0.15, 0.2) is 0 Å². The minimum absolute atomic E-state index is 0.331. The predicted molar refractivity (Wildman–Crippen MR) is 86.0 cm³/mol. The normalized spacial score (nSPS) is 13.7. The zero-order valence-electron chi connectivity index (χ0n) is 12.5. The van der Waals surface area contributed by atoms with E-state index in [1.165, 1.54) is 0 Å². The van der Waals surface area contributed by atoms with E-state index < -0.39 is 30.5 Å². The van der Waals surface area contributed by atoms with Crippen LogP contribution >= 0.6 is 0 Å². The Hall–Kier alpha value is -3.06. The molecule has 124 valence electrons. The lowest BCUT2D eigenvalue weighted by Gasteiger charge is -2.20. The number of aliphatic carboxylic acids is 2. The topological polar surface area (TPSA) is 123 Å². The maximum absolute atomic E-state index is 11.0. The molecule has 4 N–H and O–H groups in total. The van der Waals surface area contributed by atoms with Crippen molar-refractivity contribution in [3.8, 4) is 5.75 Å². The van der Waals surface area contributed by atoms with Crippen LogP contribution in [0.3, 0.4) is 0 Å². The maximum atomic E-state index is 11.0. The van der Waals surface area contributed by atoms with E-state index in [0.29, 0.717) is 16.9 Å². The van der Waals surface area contributed by atoms with E-state index in [4.69, 9.17) is 25.1 Å². The number of carboxylic acid groups (broad SMARTS) is 2. The fraction of sp³-hybridized carbons (Fsp3) is 0.176. The van der Waals surface area contributed by atoms with Crippen molar-refractivity contribution in [2.45, 2.75) is 18.6 Å². The van der Waals surface area contributed by atoms with E-state index in [-0.39, 0.29) is 0 Å². The summed E-state index contributed by atoms with van der Waals surface area (Å²) >= 11 is 0. The third-order valence-corrected chi connectivity index (χ3v) is 3.70. The van der Waals surface area contributed by atoms with Gasteiger partial charge in [-0.25, -0.2) is 0 Å². The molecule has 24 heavy (non-hydrogen) atoms. The van der Waals surface area contributed by atoms with E-state index in [2.05, 4.69) is 0 Å². The van der Waals surface area contributed by atoms with Crippen molar-refractivity contribution in [2.75, 3.05) is 0 Å². The van der Waals surface area contributed by atoms with E-state index >= 15 is 0 Å². The van der Waals surface area contributed by atoms with Crippen molar-refractivity contribution in [3.63, 3.8) is 0 Å². The van der Waals surface area contributed by atoms with Gasteiger partial charge in [0.05, 0.1) is 6.42 Å². The van der Waals surface area contributed by atoms with Gasteiger partial charge < -0.3 is 25.1 Å². The molecule has 1 heterocycles. The molecule has 7 heteroatoms. The first kappa shape index (κ1) is 15.8. The summed E-state index contributed by atoms with van der Waals surface area (Å²) in [5, 5.41) is 19.6. The molecule has 0 saturated heterocycles. The monoisotopic (exact) mass is 329 g/mol. The van der Waals surface area contributed by atoms with Gasteiger partial charge in [0, 0.05) is 10.8 Å². The summed E-state index contributed by atoms with van der Waals surface area (Å²) < 4.78 is 11.2. The fourth-order valence-electron chi connectivity index (χ4n) is 2.53. The molecular weight excluding hydrogens is 314 g/mol.